The first-order valence-corrected chi connectivity index (χ1v) is 12.9. The lowest BCUT2D eigenvalue weighted by Gasteiger charge is -2.21. The molecule has 1 aromatic heterocycles. The minimum atomic E-state index is -3.88. The molecule has 0 aliphatic rings. The van der Waals surface area contributed by atoms with Crippen LogP contribution in [0.25, 0.3) is 0 Å². The molecule has 36 heavy (non-hydrogen) atoms. The molecule has 0 fully saturated rings. The van der Waals surface area contributed by atoms with Crippen LogP contribution in [0.2, 0.25) is 10.0 Å². The van der Waals surface area contributed by atoms with E-state index in [1.807, 2.05) is 0 Å². The number of carbonyl (C=O) groups excluding carboxylic acids is 1. The molecular weight excluding hydrogens is 525 g/mol. The van der Waals surface area contributed by atoms with Crippen molar-refractivity contribution >= 4 is 50.5 Å². The number of nitrogens with one attached hydrogen (secondary N) is 2. The molecule has 0 radical (unpaired) electrons. The Labute approximate surface area is 217 Å². The number of aryl methyl sites for hydroxylation is 1. The van der Waals surface area contributed by atoms with Crippen molar-refractivity contribution in [2.45, 2.75) is 24.3 Å². The molecule has 1 heterocycles. The Morgan fingerprint density at radius 2 is 1.78 bits per heavy atom. The maximum atomic E-state index is 13.0. The van der Waals surface area contributed by atoms with Crippen LogP contribution in [0.15, 0.2) is 82.2 Å². The Kier molecular flexibility index (Phi) is 7.53. The van der Waals surface area contributed by atoms with Gasteiger partial charge in [-0.2, -0.15) is 0 Å². The molecule has 4 rings (SSSR count). The van der Waals surface area contributed by atoms with Gasteiger partial charge < -0.3 is 14.9 Å². The van der Waals surface area contributed by atoms with Crippen molar-refractivity contribution in [3.05, 3.63) is 99.7 Å². The van der Waals surface area contributed by atoms with Gasteiger partial charge in [-0.3, -0.25) is 9.52 Å². The first kappa shape index (κ1) is 25.6. The number of Topliss-reactive ketones (excluding diaryl/α,β-unsaturated/α-hetero) is 1. The molecule has 186 valence electrons. The maximum absolute atomic E-state index is 13.0. The highest BCUT2D eigenvalue weighted by atomic mass is 35.5. The van der Waals surface area contributed by atoms with E-state index >= 15 is 0 Å². The molecule has 0 aliphatic heterocycles. The van der Waals surface area contributed by atoms with Gasteiger partial charge in [-0.25, -0.2) is 8.42 Å². The van der Waals surface area contributed by atoms with Crippen LogP contribution in [0.5, 0.6) is 5.75 Å². The van der Waals surface area contributed by atoms with Gasteiger partial charge in [0.05, 0.1) is 21.0 Å². The van der Waals surface area contributed by atoms with E-state index in [4.69, 9.17) is 27.7 Å². The zero-order chi connectivity index (χ0) is 25.9. The Hall–Kier alpha value is -3.53. The lowest BCUT2D eigenvalue weighted by Crippen LogP contribution is -2.16. The number of benzene rings is 3. The normalized spacial score (nSPS) is 12.2. The third-order valence-electron chi connectivity index (χ3n) is 5.28. The second-order valence-electron chi connectivity index (χ2n) is 8.00. The van der Waals surface area contributed by atoms with Gasteiger partial charge in [-0.05, 0) is 67.1 Å². The molecule has 0 spiro atoms. The summed E-state index contributed by atoms with van der Waals surface area (Å²) in [4.78, 5) is 13.0. The van der Waals surface area contributed by atoms with Crippen LogP contribution in [-0.2, 0) is 10.0 Å². The number of phenols is 1. The molecule has 8 nitrogen and oxygen atoms in total. The number of phenolic OH excluding ortho intramolecular Hbond substituents is 1. The maximum Gasteiger partial charge on any atom is 0.263 e. The van der Waals surface area contributed by atoms with Gasteiger partial charge in [0, 0.05) is 23.7 Å². The van der Waals surface area contributed by atoms with Crippen LogP contribution < -0.4 is 10.0 Å². The Bertz CT molecular complexity index is 1500. The largest absolute Gasteiger partial charge is 0.508 e. The third kappa shape index (κ3) is 6.17. The predicted molar refractivity (Wildman–Crippen MR) is 138 cm³/mol. The number of hydrogen-bond acceptors (Lipinski definition) is 7. The Balaban J connectivity index is 1.55. The number of aromatic nitrogens is 1. The summed E-state index contributed by atoms with van der Waals surface area (Å²) in [5, 5.41) is 17.5. The van der Waals surface area contributed by atoms with Crippen molar-refractivity contribution in [2.75, 3.05) is 10.0 Å². The summed E-state index contributed by atoms with van der Waals surface area (Å²) in [5.74, 6) is 0.415. The van der Waals surface area contributed by atoms with E-state index in [9.17, 15) is 18.3 Å². The van der Waals surface area contributed by atoms with Crippen molar-refractivity contribution in [1.82, 2.24) is 5.16 Å². The minimum Gasteiger partial charge on any atom is -0.508 e. The van der Waals surface area contributed by atoms with E-state index in [0.29, 0.717) is 27.6 Å². The molecular formula is C25H21Cl2N3O5S. The minimum absolute atomic E-state index is 0.0227. The zero-order valence-electron chi connectivity index (χ0n) is 18.9. The van der Waals surface area contributed by atoms with Crippen molar-refractivity contribution in [2.24, 2.45) is 0 Å². The molecule has 1 unspecified atom stereocenters. The molecule has 0 aliphatic carbocycles. The summed E-state index contributed by atoms with van der Waals surface area (Å²) in [6, 6.07) is 18.2. The quantitative estimate of drug-likeness (QED) is 0.213. The molecule has 0 bridgehead atoms. The molecule has 0 saturated heterocycles. The number of carbonyl (C=O) groups is 1. The molecule has 4 aromatic rings. The zero-order valence-corrected chi connectivity index (χ0v) is 21.2. The second-order valence-corrected chi connectivity index (χ2v) is 10.5. The molecule has 3 N–H and O–H groups in total. The van der Waals surface area contributed by atoms with Gasteiger partial charge in [0.15, 0.2) is 11.6 Å². The summed E-state index contributed by atoms with van der Waals surface area (Å²) in [6.45, 7) is 1.65. The van der Waals surface area contributed by atoms with E-state index in [0.717, 1.165) is 0 Å². The van der Waals surface area contributed by atoms with E-state index in [2.05, 4.69) is 15.2 Å². The van der Waals surface area contributed by atoms with Crippen LogP contribution in [0.4, 0.5) is 11.5 Å². The van der Waals surface area contributed by atoms with Crippen molar-refractivity contribution in [1.29, 1.82) is 0 Å². The van der Waals surface area contributed by atoms with Gasteiger partial charge in [0.25, 0.3) is 10.0 Å². The Morgan fingerprint density at radius 3 is 2.42 bits per heavy atom. The first-order valence-electron chi connectivity index (χ1n) is 10.7. The summed E-state index contributed by atoms with van der Waals surface area (Å²) < 4.78 is 32.5. The first-order chi connectivity index (χ1) is 17.1. The molecule has 11 heteroatoms. The monoisotopic (exact) mass is 545 g/mol. The van der Waals surface area contributed by atoms with Crippen molar-refractivity contribution < 1.29 is 22.8 Å². The summed E-state index contributed by atoms with van der Waals surface area (Å²) in [5.41, 5.74) is 1.64. The van der Waals surface area contributed by atoms with E-state index in [1.165, 1.54) is 30.3 Å². The highest BCUT2D eigenvalue weighted by Crippen LogP contribution is 2.29. The van der Waals surface area contributed by atoms with Crippen LogP contribution in [0.1, 0.15) is 34.1 Å². The fourth-order valence-corrected chi connectivity index (χ4v) is 4.79. The van der Waals surface area contributed by atoms with E-state index in [-0.39, 0.29) is 33.7 Å². The van der Waals surface area contributed by atoms with Gasteiger partial charge in [0.2, 0.25) is 0 Å². The number of sulfonamides is 1. The van der Waals surface area contributed by atoms with Gasteiger partial charge in [-0.15, -0.1) is 0 Å². The van der Waals surface area contributed by atoms with E-state index < -0.39 is 16.1 Å². The molecule has 0 saturated carbocycles. The number of hydrogen-bond donors (Lipinski definition) is 3. The van der Waals surface area contributed by atoms with Gasteiger partial charge in [-0.1, -0.05) is 40.5 Å². The van der Waals surface area contributed by atoms with Crippen LogP contribution >= 0.6 is 23.2 Å². The topological polar surface area (TPSA) is 122 Å². The highest BCUT2D eigenvalue weighted by Gasteiger charge is 2.20. The van der Waals surface area contributed by atoms with Crippen molar-refractivity contribution in [3.8, 4) is 5.75 Å². The lowest BCUT2D eigenvalue weighted by atomic mass is 9.97. The highest BCUT2D eigenvalue weighted by molar-refractivity contribution is 7.92. The fourth-order valence-electron chi connectivity index (χ4n) is 3.51. The van der Waals surface area contributed by atoms with Crippen LogP contribution in [0.3, 0.4) is 0 Å². The fraction of sp³-hybridized carbons (Fsp3) is 0.120. The number of aromatic hydroxyl groups is 1. The second kappa shape index (κ2) is 10.6. The van der Waals surface area contributed by atoms with Crippen molar-refractivity contribution in [3.63, 3.8) is 0 Å². The molecule has 3 aromatic carbocycles. The summed E-state index contributed by atoms with van der Waals surface area (Å²) in [7, 11) is -3.88. The SMILES string of the molecule is Cc1cc(NS(=O)(=O)c2ccc(NC(CC(=O)c3ccc(Cl)c(Cl)c3)c3cccc(O)c3)cc2)no1. The Morgan fingerprint density at radius 1 is 1.03 bits per heavy atom. The third-order valence-corrected chi connectivity index (χ3v) is 7.39. The number of halogens is 2. The van der Waals surface area contributed by atoms with Gasteiger partial charge in [0.1, 0.15) is 11.5 Å². The number of ketones is 1. The lowest BCUT2D eigenvalue weighted by molar-refractivity contribution is 0.0976. The average molecular weight is 546 g/mol. The van der Waals surface area contributed by atoms with Gasteiger partial charge >= 0.3 is 0 Å². The molecule has 1 atom stereocenters. The van der Waals surface area contributed by atoms with Crippen LogP contribution in [0, 0.1) is 6.92 Å². The van der Waals surface area contributed by atoms with E-state index in [1.54, 1.807) is 49.4 Å². The molecule has 0 amide bonds. The van der Waals surface area contributed by atoms with Crippen LogP contribution in [-0.4, -0.2) is 24.5 Å². The summed E-state index contributed by atoms with van der Waals surface area (Å²) in [6.07, 6.45) is 0.0362. The predicted octanol–water partition coefficient (Wildman–Crippen LogP) is 6.22. The smallest absolute Gasteiger partial charge is 0.263 e. The number of anilines is 2. The number of rotatable bonds is 9. The average Bonchev–Trinajstić information content (AvgIpc) is 3.24. The number of nitrogens with zero attached hydrogens (tertiary/aromatic N) is 1. The standard InChI is InChI=1S/C25H21Cl2N3O5S/c1-15-11-25(29-35-15)30-36(33,34)20-8-6-18(7-9-20)28-23(16-3-2-4-19(31)12-16)14-24(32)17-5-10-21(26)22(27)13-17/h2-13,23,28,31H,14H2,1H3,(H,29,30). The summed E-state index contributed by atoms with van der Waals surface area (Å²) >= 11 is 12.0.